The smallest absolute Gasteiger partial charge is 0.326 e. The Bertz CT molecular complexity index is 688. The van der Waals surface area contributed by atoms with Gasteiger partial charge in [-0.15, -0.1) is 0 Å². The van der Waals surface area contributed by atoms with E-state index in [1.807, 2.05) is 54.6 Å². The van der Waals surface area contributed by atoms with Crippen molar-refractivity contribution < 1.29 is 23.4 Å². The van der Waals surface area contributed by atoms with Crippen LogP contribution >= 0.6 is 0 Å². The Labute approximate surface area is 145 Å². The molecule has 0 spiro atoms. The molecule has 0 bridgehead atoms. The van der Waals surface area contributed by atoms with Crippen LogP contribution in [0.5, 0.6) is 0 Å². The number of methoxy groups -OCH3 is 1. The molecule has 4 nitrogen and oxygen atoms in total. The maximum absolute atomic E-state index is 13.0. The van der Waals surface area contributed by atoms with Crippen molar-refractivity contribution in [3.05, 3.63) is 60.2 Å². The van der Waals surface area contributed by atoms with Gasteiger partial charge in [0.15, 0.2) is 0 Å². The molecule has 0 radical (unpaired) electrons. The van der Waals surface area contributed by atoms with Gasteiger partial charge in [0.2, 0.25) is 0 Å². The topological polar surface area (TPSA) is 58.6 Å². The summed E-state index contributed by atoms with van der Waals surface area (Å²) < 4.78 is 30.6. The van der Waals surface area contributed by atoms with E-state index in [-0.39, 0.29) is 6.54 Å². The molecule has 6 heteroatoms. The Balaban J connectivity index is 2.09. The maximum atomic E-state index is 13.0. The van der Waals surface area contributed by atoms with E-state index in [9.17, 15) is 18.7 Å². The first-order valence-electron chi connectivity index (χ1n) is 7.82. The van der Waals surface area contributed by atoms with E-state index >= 15 is 0 Å². The fraction of sp³-hybridized carbons (Fsp3) is 0.316. The van der Waals surface area contributed by atoms with Crippen molar-refractivity contribution in [1.82, 2.24) is 5.32 Å². The van der Waals surface area contributed by atoms with E-state index in [4.69, 9.17) is 0 Å². The fourth-order valence-electron chi connectivity index (χ4n) is 2.44. The molecule has 0 aliphatic heterocycles. The van der Waals surface area contributed by atoms with Crippen molar-refractivity contribution in [2.24, 2.45) is 0 Å². The minimum atomic E-state index is -3.09. The second-order valence-electron chi connectivity index (χ2n) is 5.93. The summed E-state index contributed by atoms with van der Waals surface area (Å²) in [6.45, 7) is 1.04. The molecule has 2 aromatic carbocycles. The zero-order valence-corrected chi connectivity index (χ0v) is 14.1. The van der Waals surface area contributed by atoms with Crippen LogP contribution in [0, 0.1) is 0 Å². The monoisotopic (exact) mass is 349 g/mol. The zero-order valence-electron chi connectivity index (χ0n) is 14.1. The van der Waals surface area contributed by atoms with Crippen LogP contribution in [0.25, 0.3) is 11.1 Å². The second-order valence-corrected chi connectivity index (χ2v) is 5.93. The fourth-order valence-corrected chi connectivity index (χ4v) is 2.44. The minimum absolute atomic E-state index is 0.137. The lowest BCUT2D eigenvalue weighted by Crippen LogP contribution is -2.57. The standard InChI is InChI=1S/C19H21F2NO3/c1-19(24,18(20)21)16(17(23)25-2)22-12-13-8-10-15(11-9-13)14-6-4-3-5-7-14/h3-11,16,18,22,24H,12H2,1-2H3/t16-,19+/m1/s1. The molecule has 0 amide bonds. The summed E-state index contributed by atoms with van der Waals surface area (Å²) in [5.74, 6) is -0.939. The number of aliphatic hydroxyl groups is 1. The van der Waals surface area contributed by atoms with Crippen molar-refractivity contribution in [2.75, 3.05) is 7.11 Å². The molecule has 134 valence electrons. The van der Waals surface area contributed by atoms with E-state index in [0.717, 1.165) is 30.7 Å². The van der Waals surface area contributed by atoms with Gasteiger partial charge in [0.1, 0.15) is 11.6 Å². The molecule has 2 N–H and O–H groups in total. The van der Waals surface area contributed by atoms with Crippen molar-refractivity contribution >= 4 is 5.97 Å². The Morgan fingerprint density at radius 1 is 1.12 bits per heavy atom. The number of rotatable bonds is 7. The average Bonchev–Trinajstić information content (AvgIpc) is 2.62. The van der Waals surface area contributed by atoms with Gasteiger partial charge in [-0.25, -0.2) is 8.78 Å². The molecule has 0 unspecified atom stereocenters. The minimum Gasteiger partial charge on any atom is -0.468 e. The molecule has 2 aromatic rings. The summed E-state index contributed by atoms with van der Waals surface area (Å²) in [5.41, 5.74) is 0.346. The highest BCUT2D eigenvalue weighted by Crippen LogP contribution is 2.22. The Morgan fingerprint density at radius 2 is 1.68 bits per heavy atom. The number of carbonyl (C=O) groups is 1. The van der Waals surface area contributed by atoms with Gasteiger partial charge in [0.05, 0.1) is 7.11 Å². The van der Waals surface area contributed by atoms with Gasteiger partial charge in [-0.05, 0) is 23.6 Å². The van der Waals surface area contributed by atoms with Crippen LogP contribution in [0.4, 0.5) is 8.78 Å². The van der Waals surface area contributed by atoms with Gasteiger partial charge < -0.3 is 9.84 Å². The molecule has 0 fully saturated rings. The van der Waals surface area contributed by atoms with Crippen molar-refractivity contribution in [3.63, 3.8) is 0 Å². The molecular weight excluding hydrogens is 328 g/mol. The van der Waals surface area contributed by atoms with Crippen molar-refractivity contribution in [2.45, 2.75) is 31.5 Å². The molecule has 0 aliphatic rings. The number of ether oxygens (including phenoxy) is 1. The summed E-state index contributed by atoms with van der Waals surface area (Å²) in [4.78, 5) is 11.7. The molecule has 0 saturated carbocycles. The Kier molecular flexibility index (Phi) is 6.22. The molecule has 2 atom stereocenters. The van der Waals surface area contributed by atoms with Crippen LogP contribution in [0.3, 0.4) is 0 Å². The zero-order chi connectivity index (χ0) is 18.4. The molecule has 2 rings (SSSR count). The summed E-state index contributed by atoms with van der Waals surface area (Å²) in [6.07, 6.45) is -3.09. The van der Waals surface area contributed by atoms with Crippen molar-refractivity contribution in [3.8, 4) is 11.1 Å². The van der Waals surface area contributed by atoms with Gasteiger partial charge in [-0.2, -0.15) is 0 Å². The lowest BCUT2D eigenvalue weighted by Gasteiger charge is -2.30. The van der Waals surface area contributed by atoms with E-state index in [2.05, 4.69) is 10.1 Å². The van der Waals surface area contributed by atoms with E-state index in [1.54, 1.807) is 0 Å². The predicted molar refractivity (Wildman–Crippen MR) is 91.1 cm³/mol. The Hall–Kier alpha value is -2.31. The molecule has 0 saturated heterocycles. The molecule has 0 aromatic heterocycles. The van der Waals surface area contributed by atoms with Gasteiger partial charge in [-0.1, -0.05) is 54.6 Å². The van der Waals surface area contributed by atoms with E-state index in [1.165, 1.54) is 0 Å². The van der Waals surface area contributed by atoms with Crippen LogP contribution < -0.4 is 5.32 Å². The maximum Gasteiger partial charge on any atom is 0.326 e. The van der Waals surface area contributed by atoms with Crippen LogP contribution in [0.15, 0.2) is 54.6 Å². The van der Waals surface area contributed by atoms with Crippen LogP contribution in [-0.4, -0.2) is 36.3 Å². The first-order valence-corrected chi connectivity index (χ1v) is 7.82. The highest BCUT2D eigenvalue weighted by molar-refractivity contribution is 5.77. The summed E-state index contributed by atoms with van der Waals surface area (Å²) in [5, 5.41) is 12.6. The SMILES string of the molecule is COC(=O)[C@@H](NCc1ccc(-c2ccccc2)cc1)[C@](C)(O)C(F)F. The number of esters is 1. The van der Waals surface area contributed by atoms with Crippen LogP contribution in [0.1, 0.15) is 12.5 Å². The average molecular weight is 349 g/mol. The molecule has 0 heterocycles. The molecule has 25 heavy (non-hydrogen) atoms. The summed E-state index contributed by atoms with van der Waals surface area (Å²) in [7, 11) is 1.09. The first kappa shape index (κ1) is 19.0. The largest absolute Gasteiger partial charge is 0.468 e. The number of benzene rings is 2. The number of nitrogens with one attached hydrogen (secondary N) is 1. The quantitative estimate of drug-likeness (QED) is 0.755. The normalized spacial score (nSPS) is 14.8. The number of alkyl halides is 2. The third-order valence-corrected chi connectivity index (χ3v) is 4.03. The number of carbonyl (C=O) groups excluding carboxylic acids is 1. The van der Waals surface area contributed by atoms with Crippen LogP contribution in [0.2, 0.25) is 0 Å². The molecule has 0 aliphatic carbocycles. The number of hydrogen-bond donors (Lipinski definition) is 2. The second kappa shape index (κ2) is 8.18. The Morgan fingerprint density at radius 3 is 2.20 bits per heavy atom. The highest BCUT2D eigenvalue weighted by atomic mass is 19.3. The third-order valence-electron chi connectivity index (χ3n) is 4.03. The summed E-state index contributed by atoms with van der Waals surface area (Å²) in [6, 6.07) is 15.7. The lowest BCUT2D eigenvalue weighted by atomic mass is 9.96. The number of hydrogen-bond acceptors (Lipinski definition) is 4. The van der Waals surface area contributed by atoms with Crippen molar-refractivity contribution in [1.29, 1.82) is 0 Å². The first-order chi connectivity index (χ1) is 11.9. The lowest BCUT2D eigenvalue weighted by molar-refractivity contribution is -0.161. The van der Waals surface area contributed by atoms with Gasteiger partial charge >= 0.3 is 5.97 Å². The highest BCUT2D eigenvalue weighted by Gasteiger charge is 2.45. The van der Waals surface area contributed by atoms with Gasteiger partial charge in [0, 0.05) is 6.54 Å². The number of halogens is 2. The molecular formula is C19H21F2NO3. The van der Waals surface area contributed by atoms with Gasteiger partial charge in [-0.3, -0.25) is 10.1 Å². The van der Waals surface area contributed by atoms with Crippen LogP contribution in [-0.2, 0) is 16.1 Å². The van der Waals surface area contributed by atoms with Gasteiger partial charge in [0.25, 0.3) is 6.43 Å². The van der Waals surface area contributed by atoms with E-state index < -0.39 is 24.0 Å². The van der Waals surface area contributed by atoms with E-state index in [0.29, 0.717) is 0 Å². The third kappa shape index (κ3) is 4.61. The summed E-state index contributed by atoms with van der Waals surface area (Å²) >= 11 is 0. The predicted octanol–water partition coefficient (Wildman–Crippen LogP) is 3.00.